The maximum Gasteiger partial charge on any atom is 0.329 e. The molecular formula is C12H17I4NO4. The molecule has 0 saturated carbocycles. The van der Waals surface area contributed by atoms with Crippen molar-refractivity contribution >= 4 is 102 Å². The van der Waals surface area contributed by atoms with Crippen LogP contribution in [-0.4, -0.2) is 53.0 Å². The molecule has 0 aromatic rings. The van der Waals surface area contributed by atoms with Crippen molar-refractivity contribution in [3.05, 3.63) is 0 Å². The first-order valence-electron chi connectivity index (χ1n) is 6.56. The van der Waals surface area contributed by atoms with Gasteiger partial charge in [-0.2, -0.15) is 0 Å². The summed E-state index contributed by atoms with van der Waals surface area (Å²) in [5.74, 6) is -0.550. The van der Waals surface area contributed by atoms with E-state index in [1.807, 2.05) is 90.4 Å². The van der Waals surface area contributed by atoms with Gasteiger partial charge in [0.1, 0.15) is 12.7 Å². The smallest absolute Gasteiger partial charge is 0.329 e. The van der Waals surface area contributed by atoms with Gasteiger partial charge in [-0.25, -0.2) is 0 Å². The van der Waals surface area contributed by atoms with Crippen LogP contribution in [0.4, 0.5) is 0 Å². The van der Waals surface area contributed by atoms with Gasteiger partial charge < -0.3 is 9.47 Å². The number of carbonyl (C=O) groups excluding carboxylic acids is 2. The lowest BCUT2D eigenvalue weighted by Crippen LogP contribution is -2.41. The zero-order valence-electron chi connectivity index (χ0n) is 11.3. The van der Waals surface area contributed by atoms with Crippen molar-refractivity contribution < 1.29 is 19.1 Å². The minimum atomic E-state index is -0.391. The monoisotopic (exact) mass is 747 g/mol. The Kier molecular flexibility index (Phi) is 11.3. The Morgan fingerprint density at radius 1 is 0.952 bits per heavy atom. The van der Waals surface area contributed by atoms with Crippen molar-refractivity contribution in [2.75, 3.05) is 26.2 Å². The molecule has 0 N–H and O–H groups in total. The summed E-state index contributed by atoms with van der Waals surface area (Å²) in [4.78, 5) is 25.6. The highest BCUT2D eigenvalue weighted by Crippen LogP contribution is 2.16. The van der Waals surface area contributed by atoms with E-state index in [1.54, 1.807) is 0 Å². The highest BCUT2D eigenvalue weighted by molar-refractivity contribution is 14.2. The van der Waals surface area contributed by atoms with E-state index in [9.17, 15) is 9.59 Å². The molecule has 0 aromatic carbocycles. The summed E-state index contributed by atoms with van der Waals surface area (Å²) in [7, 11) is 0. The normalized spacial score (nSPS) is 17.8. The number of rotatable bonds is 7. The number of likely N-dealkylation sites (tertiary alicyclic amines) is 1. The second-order valence-corrected chi connectivity index (χ2v) is 14.4. The fourth-order valence-electron chi connectivity index (χ4n) is 2.01. The van der Waals surface area contributed by atoms with Crippen LogP contribution < -0.4 is 0 Å². The quantitative estimate of drug-likeness (QED) is 0.228. The summed E-state index contributed by atoms with van der Waals surface area (Å²) in [6.07, 6.45) is 3.21. The molecule has 9 heteroatoms. The lowest BCUT2D eigenvalue weighted by atomic mass is 10.1. The van der Waals surface area contributed by atoms with Crippen molar-refractivity contribution in [3.63, 3.8) is 0 Å². The number of ether oxygens (including phenoxy) is 2. The van der Waals surface area contributed by atoms with Gasteiger partial charge in [0.15, 0.2) is 3.86 Å². The largest absolute Gasteiger partial charge is 0.460 e. The predicted octanol–water partition coefficient (Wildman–Crippen LogP) is 3.32. The molecule has 1 aliphatic rings. The van der Waals surface area contributed by atoms with E-state index >= 15 is 0 Å². The van der Waals surface area contributed by atoms with Gasteiger partial charge in [-0.1, -0.05) is 96.8 Å². The van der Waals surface area contributed by atoms with Crippen LogP contribution in [0.25, 0.3) is 0 Å². The Hall–Kier alpha value is 1.82. The van der Waals surface area contributed by atoms with Crippen molar-refractivity contribution in [1.82, 2.24) is 4.90 Å². The Morgan fingerprint density at radius 2 is 1.52 bits per heavy atom. The topological polar surface area (TPSA) is 55.8 Å². The first-order valence-corrected chi connectivity index (χ1v) is 11.5. The van der Waals surface area contributed by atoms with E-state index in [0.717, 1.165) is 13.1 Å². The molecule has 122 valence electrons. The number of hydrogen-bond donors (Lipinski definition) is 0. The molecule has 5 nitrogen and oxygen atoms in total. The van der Waals surface area contributed by atoms with Crippen LogP contribution in [0.2, 0.25) is 0 Å². The third-order valence-corrected chi connectivity index (χ3v) is 5.00. The van der Waals surface area contributed by atoms with E-state index in [0.29, 0.717) is 6.54 Å². The zero-order chi connectivity index (χ0) is 15.8. The number of esters is 2. The van der Waals surface area contributed by atoms with Gasteiger partial charge in [0, 0.05) is 6.54 Å². The third kappa shape index (κ3) is 9.02. The van der Waals surface area contributed by atoms with E-state index in [4.69, 9.17) is 9.47 Å². The number of carbonyl (C=O) groups is 2. The zero-order valence-corrected chi connectivity index (χ0v) is 19.9. The SMILES string of the molecule is O=C(OCC(CN1CCCCC1)OC(=O)C(I)I)C(I)I. The Morgan fingerprint density at radius 3 is 2.05 bits per heavy atom. The first-order chi connectivity index (χ1) is 9.90. The van der Waals surface area contributed by atoms with E-state index in [-0.39, 0.29) is 22.4 Å². The molecule has 0 amide bonds. The van der Waals surface area contributed by atoms with Crippen molar-refractivity contribution in [1.29, 1.82) is 0 Å². The molecule has 1 aliphatic heterocycles. The molecule has 0 aliphatic carbocycles. The van der Waals surface area contributed by atoms with Crippen molar-refractivity contribution in [2.24, 2.45) is 0 Å². The number of piperidine rings is 1. The van der Waals surface area contributed by atoms with E-state index < -0.39 is 6.10 Å². The van der Waals surface area contributed by atoms with Crippen LogP contribution in [0.1, 0.15) is 19.3 Å². The molecule has 21 heavy (non-hydrogen) atoms. The molecule has 0 bridgehead atoms. The van der Waals surface area contributed by atoms with Gasteiger partial charge in [-0.15, -0.1) is 0 Å². The molecule has 1 unspecified atom stereocenters. The number of hydrogen-bond acceptors (Lipinski definition) is 5. The molecule has 1 heterocycles. The van der Waals surface area contributed by atoms with Gasteiger partial charge in [-0.3, -0.25) is 14.5 Å². The molecule has 1 rings (SSSR count). The number of nitrogens with zero attached hydrogens (tertiary/aromatic N) is 1. The van der Waals surface area contributed by atoms with Crippen LogP contribution in [-0.2, 0) is 19.1 Å². The summed E-state index contributed by atoms with van der Waals surface area (Å²) < 4.78 is 10.2. The Balaban J connectivity index is 2.51. The van der Waals surface area contributed by atoms with Gasteiger partial charge in [0.25, 0.3) is 0 Å². The Bertz CT molecular complexity index is 348. The second-order valence-electron chi connectivity index (χ2n) is 4.65. The maximum atomic E-state index is 11.8. The predicted molar refractivity (Wildman–Crippen MR) is 115 cm³/mol. The Labute approximate surface area is 179 Å². The summed E-state index contributed by atoms with van der Waals surface area (Å²) in [6, 6.07) is 0. The molecule has 1 fully saturated rings. The average Bonchev–Trinajstić information content (AvgIpc) is 2.45. The van der Waals surface area contributed by atoms with Crippen LogP contribution in [0, 0.1) is 0 Å². The fourth-order valence-corrected chi connectivity index (χ4v) is 2.66. The van der Waals surface area contributed by atoms with Crippen LogP contribution in [0.3, 0.4) is 0 Å². The molecule has 0 radical (unpaired) electrons. The summed E-state index contributed by atoms with van der Waals surface area (Å²) in [5.41, 5.74) is 0. The third-order valence-electron chi connectivity index (χ3n) is 2.96. The van der Waals surface area contributed by atoms with Gasteiger partial charge >= 0.3 is 11.9 Å². The first kappa shape index (κ1) is 20.9. The molecule has 0 aromatic heterocycles. The maximum absolute atomic E-state index is 11.8. The van der Waals surface area contributed by atoms with Crippen molar-refractivity contribution in [2.45, 2.75) is 29.2 Å². The van der Waals surface area contributed by atoms with E-state index in [2.05, 4.69) is 4.90 Å². The lowest BCUT2D eigenvalue weighted by molar-refractivity contribution is -0.157. The lowest BCUT2D eigenvalue weighted by Gasteiger charge is -2.30. The molecule has 0 spiro atoms. The van der Waals surface area contributed by atoms with E-state index in [1.165, 1.54) is 19.3 Å². The van der Waals surface area contributed by atoms with Crippen LogP contribution >= 0.6 is 90.4 Å². The summed E-state index contributed by atoms with van der Waals surface area (Å²) in [5, 5.41) is 0. The van der Waals surface area contributed by atoms with Gasteiger partial charge in [-0.05, 0) is 25.9 Å². The highest BCUT2D eigenvalue weighted by atomic mass is 127. The molecule has 1 atom stereocenters. The number of halogens is 4. The second kappa shape index (κ2) is 11.4. The standard InChI is InChI=1S/C12H17I4NO4/c13-9(14)11(18)20-7-8(21-12(19)10(15)16)6-17-4-2-1-3-5-17/h8-10H,1-7H2. The minimum absolute atomic E-state index is 0.129. The van der Waals surface area contributed by atoms with Gasteiger partial charge in [0.05, 0.1) is 0 Å². The highest BCUT2D eigenvalue weighted by Gasteiger charge is 2.24. The summed E-state index contributed by atoms with van der Waals surface area (Å²) >= 11 is 8.02. The van der Waals surface area contributed by atoms with Crippen LogP contribution in [0.15, 0.2) is 0 Å². The molecular weight excluding hydrogens is 730 g/mol. The molecule has 1 saturated heterocycles. The minimum Gasteiger partial charge on any atom is -0.460 e. The number of alkyl halides is 4. The van der Waals surface area contributed by atoms with Crippen LogP contribution in [0.5, 0.6) is 0 Å². The summed E-state index contributed by atoms with van der Waals surface area (Å²) in [6.45, 7) is 2.79. The van der Waals surface area contributed by atoms with Gasteiger partial charge in [0.2, 0.25) is 0 Å². The average molecular weight is 747 g/mol. The van der Waals surface area contributed by atoms with Crippen molar-refractivity contribution in [3.8, 4) is 0 Å². The fraction of sp³-hybridized carbons (Fsp3) is 0.833.